The molecule has 0 radical (unpaired) electrons. The zero-order chi connectivity index (χ0) is 12.7. The molecule has 0 spiro atoms. The Hall–Kier alpha value is -0.120. The highest BCUT2D eigenvalue weighted by molar-refractivity contribution is 4.87. The van der Waals surface area contributed by atoms with Gasteiger partial charge in [-0.15, -0.1) is 0 Å². The number of hydrogen-bond donors (Lipinski definition) is 1. The topological polar surface area (TPSA) is 38.7 Å². The fourth-order valence-corrected chi connectivity index (χ4v) is 2.79. The highest BCUT2D eigenvalue weighted by Crippen LogP contribution is 2.29. The summed E-state index contributed by atoms with van der Waals surface area (Å²) >= 11 is 0. The molecule has 1 rings (SSSR count). The van der Waals surface area contributed by atoms with Gasteiger partial charge >= 0.3 is 0 Å². The predicted octanol–water partition coefficient (Wildman–Crippen LogP) is 2.90. The van der Waals surface area contributed by atoms with Gasteiger partial charge in [0.1, 0.15) is 0 Å². The third-order valence-corrected chi connectivity index (χ3v) is 4.02. The van der Waals surface area contributed by atoms with E-state index in [1.807, 2.05) is 6.92 Å². The first-order valence-electron chi connectivity index (χ1n) is 7.12. The lowest BCUT2D eigenvalue weighted by atomic mass is 9.87. The summed E-state index contributed by atoms with van der Waals surface area (Å²) in [6.07, 6.45) is 5.77. The van der Waals surface area contributed by atoms with Crippen LogP contribution in [0.2, 0.25) is 0 Å². The maximum Gasteiger partial charge on any atom is 0.0934 e. The Morgan fingerprint density at radius 3 is 2.53 bits per heavy atom. The maximum atomic E-state index is 10.4. The normalized spacial score (nSPS) is 22.9. The van der Waals surface area contributed by atoms with Crippen LogP contribution in [-0.4, -0.2) is 36.1 Å². The number of ether oxygens (including phenoxy) is 2. The van der Waals surface area contributed by atoms with Gasteiger partial charge in [-0.05, 0) is 45.4 Å². The molecule has 1 saturated heterocycles. The van der Waals surface area contributed by atoms with E-state index in [9.17, 15) is 5.11 Å². The van der Waals surface area contributed by atoms with Crippen molar-refractivity contribution in [2.24, 2.45) is 0 Å². The standard InChI is InChI=1S/C14H28O3/c1-4-14(5-2,17-6-3)13(15)10-9-12-8-7-11-16-12/h12-13,15H,4-11H2,1-3H3. The van der Waals surface area contributed by atoms with E-state index in [1.165, 1.54) is 6.42 Å². The summed E-state index contributed by atoms with van der Waals surface area (Å²) < 4.78 is 11.4. The van der Waals surface area contributed by atoms with Gasteiger partial charge in [-0.2, -0.15) is 0 Å². The van der Waals surface area contributed by atoms with Crippen LogP contribution < -0.4 is 0 Å². The molecular weight excluding hydrogens is 216 g/mol. The lowest BCUT2D eigenvalue weighted by Gasteiger charge is -2.36. The molecule has 0 aromatic heterocycles. The van der Waals surface area contributed by atoms with Crippen LogP contribution in [0.3, 0.4) is 0 Å². The van der Waals surface area contributed by atoms with Gasteiger partial charge in [0.25, 0.3) is 0 Å². The van der Waals surface area contributed by atoms with E-state index < -0.39 is 0 Å². The van der Waals surface area contributed by atoms with Gasteiger partial charge in [0.15, 0.2) is 0 Å². The van der Waals surface area contributed by atoms with Crippen molar-refractivity contribution in [3.05, 3.63) is 0 Å². The van der Waals surface area contributed by atoms with E-state index in [1.54, 1.807) is 0 Å². The van der Waals surface area contributed by atoms with Crippen LogP contribution in [0.4, 0.5) is 0 Å². The molecule has 3 nitrogen and oxygen atoms in total. The Kier molecular flexibility index (Phi) is 6.45. The zero-order valence-corrected chi connectivity index (χ0v) is 11.6. The predicted molar refractivity (Wildman–Crippen MR) is 69.2 cm³/mol. The Morgan fingerprint density at radius 2 is 2.06 bits per heavy atom. The van der Waals surface area contributed by atoms with Gasteiger partial charge in [-0.1, -0.05) is 13.8 Å². The molecule has 2 atom stereocenters. The molecule has 0 amide bonds. The second-order valence-corrected chi connectivity index (χ2v) is 4.93. The molecule has 1 aliphatic rings. The fourth-order valence-electron chi connectivity index (χ4n) is 2.79. The third-order valence-electron chi connectivity index (χ3n) is 4.02. The second kappa shape index (κ2) is 7.34. The van der Waals surface area contributed by atoms with E-state index in [-0.39, 0.29) is 11.7 Å². The molecule has 1 N–H and O–H groups in total. The first kappa shape index (κ1) is 14.9. The molecular formula is C14H28O3. The summed E-state index contributed by atoms with van der Waals surface area (Å²) in [5.41, 5.74) is -0.354. The molecule has 1 aliphatic heterocycles. The van der Waals surface area contributed by atoms with Crippen molar-refractivity contribution < 1.29 is 14.6 Å². The SMILES string of the molecule is CCOC(CC)(CC)C(O)CCC1CCCO1. The monoisotopic (exact) mass is 244 g/mol. The van der Waals surface area contributed by atoms with Gasteiger partial charge in [-0.25, -0.2) is 0 Å². The third kappa shape index (κ3) is 3.94. The lowest BCUT2D eigenvalue weighted by molar-refractivity contribution is -0.129. The van der Waals surface area contributed by atoms with Crippen molar-refractivity contribution >= 4 is 0 Å². The first-order chi connectivity index (χ1) is 8.18. The van der Waals surface area contributed by atoms with Gasteiger partial charge in [0.2, 0.25) is 0 Å². The van der Waals surface area contributed by atoms with Crippen LogP contribution in [0.25, 0.3) is 0 Å². The molecule has 3 heteroatoms. The number of aliphatic hydroxyl groups is 1. The largest absolute Gasteiger partial charge is 0.390 e. The van der Waals surface area contributed by atoms with Crippen LogP contribution in [0, 0.1) is 0 Å². The number of hydrogen-bond acceptors (Lipinski definition) is 3. The molecule has 0 saturated carbocycles. The van der Waals surface area contributed by atoms with E-state index in [0.29, 0.717) is 12.7 Å². The maximum absolute atomic E-state index is 10.4. The van der Waals surface area contributed by atoms with Crippen molar-refractivity contribution in [3.8, 4) is 0 Å². The minimum absolute atomic E-state index is 0.354. The summed E-state index contributed by atoms with van der Waals surface area (Å²) in [4.78, 5) is 0. The molecule has 0 aliphatic carbocycles. The smallest absolute Gasteiger partial charge is 0.0934 e. The molecule has 102 valence electrons. The Balaban J connectivity index is 2.43. The van der Waals surface area contributed by atoms with Crippen LogP contribution in [0.15, 0.2) is 0 Å². The van der Waals surface area contributed by atoms with Crippen molar-refractivity contribution in [2.75, 3.05) is 13.2 Å². The quantitative estimate of drug-likeness (QED) is 0.713. The fraction of sp³-hybridized carbons (Fsp3) is 1.00. The number of rotatable bonds is 8. The van der Waals surface area contributed by atoms with E-state index in [0.717, 1.165) is 38.7 Å². The van der Waals surface area contributed by atoms with Crippen LogP contribution >= 0.6 is 0 Å². The van der Waals surface area contributed by atoms with Gasteiger partial charge in [-0.3, -0.25) is 0 Å². The summed E-state index contributed by atoms with van der Waals surface area (Å²) in [5.74, 6) is 0. The lowest BCUT2D eigenvalue weighted by Crippen LogP contribution is -2.44. The average molecular weight is 244 g/mol. The Bertz CT molecular complexity index is 196. The van der Waals surface area contributed by atoms with Gasteiger partial charge in [0, 0.05) is 13.2 Å². The molecule has 17 heavy (non-hydrogen) atoms. The molecule has 0 aromatic rings. The summed E-state index contributed by atoms with van der Waals surface area (Å²) in [6, 6.07) is 0. The molecule has 0 aromatic carbocycles. The highest BCUT2D eigenvalue weighted by Gasteiger charge is 2.35. The van der Waals surface area contributed by atoms with E-state index in [4.69, 9.17) is 9.47 Å². The first-order valence-corrected chi connectivity index (χ1v) is 7.12. The van der Waals surface area contributed by atoms with Crippen molar-refractivity contribution in [2.45, 2.75) is 77.1 Å². The van der Waals surface area contributed by atoms with Crippen molar-refractivity contribution in [1.29, 1.82) is 0 Å². The Morgan fingerprint density at radius 1 is 1.35 bits per heavy atom. The minimum atomic E-state index is -0.373. The van der Waals surface area contributed by atoms with Crippen LogP contribution in [0.1, 0.15) is 59.3 Å². The van der Waals surface area contributed by atoms with Crippen LogP contribution in [-0.2, 0) is 9.47 Å². The average Bonchev–Trinajstić information content (AvgIpc) is 2.86. The van der Waals surface area contributed by atoms with Crippen molar-refractivity contribution in [3.63, 3.8) is 0 Å². The Labute approximate surface area is 105 Å². The number of aliphatic hydroxyl groups excluding tert-OH is 1. The zero-order valence-electron chi connectivity index (χ0n) is 11.6. The van der Waals surface area contributed by atoms with E-state index >= 15 is 0 Å². The molecule has 1 heterocycles. The van der Waals surface area contributed by atoms with Gasteiger partial charge in [0.05, 0.1) is 17.8 Å². The minimum Gasteiger partial charge on any atom is -0.390 e. The summed E-state index contributed by atoms with van der Waals surface area (Å²) in [7, 11) is 0. The summed E-state index contributed by atoms with van der Waals surface area (Å²) in [5, 5.41) is 10.4. The highest BCUT2D eigenvalue weighted by atomic mass is 16.5. The summed E-state index contributed by atoms with van der Waals surface area (Å²) in [6.45, 7) is 7.73. The second-order valence-electron chi connectivity index (χ2n) is 4.93. The van der Waals surface area contributed by atoms with Gasteiger partial charge < -0.3 is 14.6 Å². The molecule has 1 fully saturated rings. The van der Waals surface area contributed by atoms with Crippen LogP contribution in [0.5, 0.6) is 0 Å². The van der Waals surface area contributed by atoms with E-state index in [2.05, 4.69) is 13.8 Å². The van der Waals surface area contributed by atoms with Crippen molar-refractivity contribution in [1.82, 2.24) is 0 Å². The molecule has 2 unspecified atom stereocenters. The molecule has 0 bridgehead atoms.